The zero-order chi connectivity index (χ0) is 11.0. The van der Waals surface area contributed by atoms with Gasteiger partial charge in [0, 0.05) is 11.3 Å². The first-order valence-corrected chi connectivity index (χ1v) is 5.62. The van der Waals surface area contributed by atoms with Crippen LogP contribution in [0.2, 0.25) is 0 Å². The molecule has 0 aliphatic rings. The molecule has 0 aliphatic heterocycles. The fourth-order valence-electron chi connectivity index (χ4n) is 1.89. The molecule has 0 amide bonds. The summed E-state index contributed by atoms with van der Waals surface area (Å²) in [5, 5.41) is 1.27. The van der Waals surface area contributed by atoms with Crippen molar-refractivity contribution in [1.82, 2.24) is 0 Å². The summed E-state index contributed by atoms with van der Waals surface area (Å²) in [6.45, 7) is 8.76. The van der Waals surface area contributed by atoms with Crippen LogP contribution in [0.25, 0.3) is 11.0 Å². The van der Waals surface area contributed by atoms with Crippen LogP contribution in [0.3, 0.4) is 0 Å². The van der Waals surface area contributed by atoms with Crippen LogP contribution in [0.4, 0.5) is 0 Å². The molecule has 2 aromatic rings. The molecule has 80 valence electrons. The molecule has 1 nitrogen and oxygen atoms in total. The molecular weight excluding hydrogens is 184 g/mol. The standard InChI is InChI=1S/C14H18O/c1-9(2)11-6-5-7-13-12(11)8-14(15-13)10(3)4/h5-10H,1-4H3. The minimum absolute atomic E-state index is 0.456. The third-order valence-electron chi connectivity index (χ3n) is 2.81. The van der Waals surface area contributed by atoms with E-state index in [1.807, 2.05) is 6.07 Å². The molecular formula is C14H18O. The van der Waals surface area contributed by atoms with Crippen molar-refractivity contribution < 1.29 is 4.42 Å². The highest BCUT2D eigenvalue weighted by Gasteiger charge is 2.11. The fraction of sp³-hybridized carbons (Fsp3) is 0.429. The van der Waals surface area contributed by atoms with Gasteiger partial charge in [-0.15, -0.1) is 0 Å². The second kappa shape index (κ2) is 3.73. The zero-order valence-corrected chi connectivity index (χ0v) is 9.87. The van der Waals surface area contributed by atoms with Gasteiger partial charge in [0.05, 0.1) is 0 Å². The van der Waals surface area contributed by atoms with Gasteiger partial charge < -0.3 is 4.42 Å². The van der Waals surface area contributed by atoms with E-state index in [1.165, 1.54) is 10.9 Å². The fourth-order valence-corrected chi connectivity index (χ4v) is 1.89. The first-order chi connectivity index (χ1) is 7.09. The van der Waals surface area contributed by atoms with E-state index in [2.05, 4.69) is 45.9 Å². The Morgan fingerprint density at radius 2 is 1.73 bits per heavy atom. The first kappa shape index (κ1) is 10.3. The van der Waals surface area contributed by atoms with Crippen molar-refractivity contribution >= 4 is 11.0 Å². The monoisotopic (exact) mass is 202 g/mol. The van der Waals surface area contributed by atoms with Crippen LogP contribution < -0.4 is 0 Å². The lowest BCUT2D eigenvalue weighted by Gasteiger charge is -2.04. The summed E-state index contributed by atoms with van der Waals surface area (Å²) in [5.74, 6) is 2.09. The Balaban J connectivity index is 2.64. The maximum atomic E-state index is 5.82. The van der Waals surface area contributed by atoms with Gasteiger partial charge >= 0.3 is 0 Å². The molecule has 0 radical (unpaired) electrons. The van der Waals surface area contributed by atoms with Crippen molar-refractivity contribution in [3.05, 3.63) is 35.6 Å². The molecule has 1 heteroatoms. The highest BCUT2D eigenvalue weighted by atomic mass is 16.3. The van der Waals surface area contributed by atoms with E-state index >= 15 is 0 Å². The minimum atomic E-state index is 0.456. The summed E-state index contributed by atoms with van der Waals surface area (Å²) in [6.07, 6.45) is 0. The molecule has 15 heavy (non-hydrogen) atoms. The van der Waals surface area contributed by atoms with E-state index in [-0.39, 0.29) is 0 Å². The lowest BCUT2D eigenvalue weighted by molar-refractivity contribution is 0.521. The topological polar surface area (TPSA) is 13.1 Å². The molecule has 0 unspecified atom stereocenters. The summed E-state index contributed by atoms with van der Waals surface area (Å²) in [4.78, 5) is 0. The van der Waals surface area contributed by atoms with Gasteiger partial charge in [-0.25, -0.2) is 0 Å². The van der Waals surface area contributed by atoms with Crippen LogP contribution in [-0.2, 0) is 0 Å². The molecule has 1 aromatic carbocycles. The first-order valence-electron chi connectivity index (χ1n) is 5.62. The lowest BCUT2D eigenvalue weighted by atomic mass is 9.99. The van der Waals surface area contributed by atoms with Gasteiger partial charge in [-0.1, -0.05) is 39.8 Å². The Bertz CT molecular complexity index is 463. The average Bonchev–Trinajstić information content (AvgIpc) is 2.60. The van der Waals surface area contributed by atoms with E-state index < -0.39 is 0 Å². The van der Waals surface area contributed by atoms with E-state index in [4.69, 9.17) is 4.42 Å². The van der Waals surface area contributed by atoms with E-state index in [9.17, 15) is 0 Å². The van der Waals surface area contributed by atoms with Crippen LogP contribution >= 0.6 is 0 Å². The third kappa shape index (κ3) is 1.79. The minimum Gasteiger partial charge on any atom is -0.461 e. The Morgan fingerprint density at radius 1 is 1.00 bits per heavy atom. The Morgan fingerprint density at radius 3 is 2.33 bits per heavy atom. The van der Waals surface area contributed by atoms with Crippen molar-refractivity contribution in [2.45, 2.75) is 39.5 Å². The van der Waals surface area contributed by atoms with E-state index in [0.29, 0.717) is 11.8 Å². The highest BCUT2D eigenvalue weighted by molar-refractivity contribution is 5.82. The Kier molecular flexibility index (Phi) is 2.56. The van der Waals surface area contributed by atoms with Crippen molar-refractivity contribution in [2.75, 3.05) is 0 Å². The second-order valence-electron chi connectivity index (χ2n) is 4.72. The molecule has 0 saturated heterocycles. The smallest absolute Gasteiger partial charge is 0.134 e. The van der Waals surface area contributed by atoms with Gasteiger partial charge in [0.15, 0.2) is 0 Å². The molecule has 1 aromatic heterocycles. The summed E-state index contributed by atoms with van der Waals surface area (Å²) < 4.78 is 5.82. The third-order valence-corrected chi connectivity index (χ3v) is 2.81. The Hall–Kier alpha value is -1.24. The number of hydrogen-bond donors (Lipinski definition) is 0. The maximum Gasteiger partial charge on any atom is 0.134 e. The van der Waals surface area contributed by atoms with Crippen LogP contribution in [0.5, 0.6) is 0 Å². The number of benzene rings is 1. The highest BCUT2D eigenvalue weighted by Crippen LogP contribution is 2.30. The molecule has 0 spiro atoms. The van der Waals surface area contributed by atoms with Crippen LogP contribution in [0.1, 0.15) is 50.9 Å². The molecule has 0 fully saturated rings. The predicted molar refractivity (Wildman–Crippen MR) is 64.4 cm³/mol. The van der Waals surface area contributed by atoms with Gasteiger partial charge in [0.1, 0.15) is 11.3 Å². The number of hydrogen-bond acceptors (Lipinski definition) is 1. The van der Waals surface area contributed by atoms with Gasteiger partial charge in [-0.2, -0.15) is 0 Å². The van der Waals surface area contributed by atoms with E-state index in [1.54, 1.807) is 0 Å². The summed E-state index contributed by atoms with van der Waals surface area (Å²) >= 11 is 0. The van der Waals surface area contributed by atoms with Crippen molar-refractivity contribution in [2.24, 2.45) is 0 Å². The Labute approximate surface area is 91.1 Å². The van der Waals surface area contributed by atoms with Crippen LogP contribution in [-0.4, -0.2) is 0 Å². The molecule has 0 atom stereocenters. The molecule has 0 bridgehead atoms. The normalized spacial score (nSPS) is 11.9. The summed E-state index contributed by atoms with van der Waals surface area (Å²) in [7, 11) is 0. The predicted octanol–water partition coefficient (Wildman–Crippen LogP) is 4.68. The molecule has 0 aliphatic carbocycles. The SMILES string of the molecule is CC(C)c1cc2c(C(C)C)cccc2o1. The zero-order valence-electron chi connectivity index (χ0n) is 9.87. The van der Waals surface area contributed by atoms with Crippen molar-refractivity contribution in [1.29, 1.82) is 0 Å². The van der Waals surface area contributed by atoms with Gasteiger partial charge in [0.25, 0.3) is 0 Å². The molecule has 2 rings (SSSR count). The number of furan rings is 1. The largest absolute Gasteiger partial charge is 0.461 e. The molecule has 0 N–H and O–H groups in total. The van der Waals surface area contributed by atoms with E-state index in [0.717, 1.165) is 11.3 Å². The molecule has 1 heterocycles. The maximum absolute atomic E-state index is 5.82. The van der Waals surface area contributed by atoms with Crippen molar-refractivity contribution in [3.8, 4) is 0 Å². The van der Waals surface area contributed by atoms with Gasteiger partial charge in [-0.05, 0) is 23.6 Å². The quantitative estimate of drug-likeness (QED) is 0.689. The van der Waals surface area contributed by atoms with Gasteiger partial charge in [0.2, 0.25) is 0 Å². The second-order valence-corrected chi connectivity index (χ2v) is 4.72. The summed E-state index contributed by atoms with van der Waals surface area (Å²) in [5.41, 5.74) is 2.40. The van der Waals surface area contributed by atoms with Crippen molar-refractivity contribution in [3.63, 3.8) is 0 Å². The van der Waals surface area contributed by atoms with Gasteiger partial charge in [-0.3, -0.25) is 0 Å². The number of fused-ring (bicyclic) bond motifs is 1. The summed E-state index contributed by atoms with van der Waals surface area (Å²) in [6, 6.07) is 8.50. The molecule has 0 saturated carbocycles. The average molecular weight is 202 g/mol. The van der Waals surface area contributed by atoms with Crippen LogP contribution in [0, 0.1) is 0 Å². The van der Waals surface area contributed by atoms with Crippen LogP contribution in [0.15, 0.2) is 28.7 Å². The number of rotatable bonds is 2. The lowest BCUT2D eigenvalue weighted by Crippen LogP contribution is -1.86.